The predicted octanol–water partition coefficient (Wildman–Crippen LogP) is 3.35. The van der Waals surface area contributed by atoms with Crippen molar-refractivity contribution in [3.8, 4) is 0 Å². The van der Waals surface area contributed by atoms with E-state index in [0.29, 0.717) is 6.04 Å². The normalized spacial score (nSPS) is 13.1. The van der Waals surface area contributed by atoms with Crippen LogP contribution in [0.4, 0.5) is 5.82 Å². The number of hydrogen-bond donors (Lipinski definition) is 1. The van der Waals surface area contributed by atoms with Crippen molar-refractivity contribution in [2.24, 2.45) is 0 Å². The van der Waals surface area contributed by atoms with Crippen molar-refractivity contribution in [2.75, 3.05) is 18.9 Å². The van der Waals surface area contributed by atoms with E-state index in [1.54, 1.807) is 11.3 Å². The Hall–Kier alpha value is -1.20. The van der Waals surface area contributed by atoms with Gasteiger partial charge < -0.3 is 5.32 Å². The third-order valence-electron chi connectivity index (χ3n) is 3.45. The molecule has 0 aliphatic heterocycles. The highest BCUT2D eigenvalue weighted by atomic mass is 32.1. The van der Waals surface area contributed by atoms with Gasteiger partial charge in [-0.3, -0.25) is 4.90 Å². The van der Waals surface area contributed by atoms with E-state index in [2.05, 4.69) is 59.4 Å². The van der Waals surface area contributed by atoms with Crippen LogP contribution >= 0.6 is 11.3 Å². The summed E-state index contributed by atoms with van der Waals surface area (Å²) in [7, 11) is 2.13. The molecular formula is C14H22N4S. The average molecular weight is 278 g/mol. The van der Waals surface area contributed by atoms with Gasteiger partial charge in [-0.15, -0.1) is 11.3 Å². The molecule has 2 aromatic heterocycles. The van der Waals surface area contributed by atoms with Crippen LogP contribution in [0.5, 0.6) is 0 Å². The van der Waals surface area contributed by atoms with Crippen molar-refractivity contribution in [2.45, 2.75) is 39.8 Å². The van der Waals surface area contributed by atoms with E-state index in [-0.39, 0.29) is 0 Å². The van der Waals surface area contributed by atoms with Gasteiger partial charge in [-0.05, 0) is 38.8 Å². The topological polar surface area (TPSA) is 41.1 Å². The van der Waals surface area contributed by atoms with Gasteiger partial charge in [0.15, 0.2) is 0 Å². The van der Waals surface area contributed by atoms with E-state index >= 15 is 0 Å². The zero-order valence-electron chi connectivity index (χ0n) is 12.1. The first kappa shape index (κ1) is 14.2. The van der Waals surface area contributed by atoms with E-state index in [4.69, 9.17) is 0 Å². The average Bonchev–Trinajstić information content (AvgIpc) is 2.86. The van der Waals surface area contributed by atoms with Crippen LogP contribution < -0.4 is 5.32 Å². The van der Waals surface area contributed by atoms with Crippen LogP contribution in [0.1, 0.15) is 33.0 Å². The van der Waals surface area contributed by atoms with Gasteiger partial charge in [-0.1, -0.05) is 6.92 Å². The molecule has 0 bridgehead atoms. The van der Waals surface area contributed by atoms with E-state index in [0.717, 1.165) is 41.4 Å². The van der Waals surface area contributed by atoms with E-state index in [1.807, 2.05) is 0 Å². The summed E-state index contributed by atoms with van der Waals surface area (Å²) < 4.78 is 0. The Kier molecular flexibility index (Phi) is 4.71. The Morgan fingerprint density at radius 2 is 2.16 bits per heavy atom. The molecule has 1 N–H and O–H groups in total. The Labute approximate surface area is 118 Å². The molecule has 4 nitrogen and oxygen atoms in total. The third-order valence-corrected chi connectivity index (χ3v) is 4.26. The minimum atomic E-state index is 0.546. The van der Waals surface area contributed by atoms with Gasteiger partial charge in [-0.25, -0.2) is 9.97 Å². The maximum Gasteiger partial charge on any atom is 0.146 e. The van der Waals surface area contributed by atoms with Crippen LogP contribution in [0.15, 0.2) is 11.4 Å². The first-order valence-corrected chi connectivity index (χ1v) is 7.71. The number of rotatable bonds is 6. The fourth-order valence-corrected chi connectivity index (χ4v) is 2.75. The van der Waals surface area contributed by atoms with Crippen LogP contribution in [0.25, 0.3) is 10.2 Å². The number of thiophene rings is 1. The molecule has 0 saturated heterocycles. The minimum Gasteiger partial charge on any atom is -0.370 e. The van der Waals surface area contributed by atoms with Gasteiger partial charge in [0.2, 0.25) is 0 Å². The largest absolute Gasteiger partial charge is 0.370 e. The molecule has 0 spiro atoms. The highest BCUT2D eigenvalue weighted by Crippen LogP contribution is 2.25. The minimum absolute atomic E-state index is 0.546. The first-order valence-electron chi connectivity index (χ1n) is 6.83. The lowest BCUT2D eigenvalue weighted by Crippen LogP contribution is -2.28. The number of aromatic nitrogens is 2. The smallest absolute Gasteiger partial charge is 0.146 e. The summed E-state index contributed by atoms with van der Waals surface area (Å²) in [5.74, 6) is 1.86. The molecule has 1 unspecified atom stereocenters. The molecular weight excluding hydrogens is 256 g/mol. The highest BCUT2D eigenvalue weighted by molar-refractivity contribution is 7.16. The molecule has 2 heterocycles. The fraction of sp³-hybridized carbons (Fsp3) is 0.571. The van der Waals surface area contributed by atoms with Crippen molar-refractivity contribution < 1.29 is 0 Å². The van der Waals surface area contributed by atoms with Gasteiger partial charge in [0.1, 0.15) is 16.5 Å². The van der Waals surface area contributed by atoms with Crippen molar-refractivity contribution >= 4 is 27.4 Å². The van der Waals surface area contributed by atoms with E-state index in [9.17, 15) is 0 Å². The van der Waals surface area contributed by atoms with Gasteiger partial charge in [0.05, 0.1) is 11.9 Å². The molecule has 2 aromatic rings. The molecule has 0 aliphatic rings. The lowest BCUT2D eigenvalue weighted by atomic mass is 10.2. The molecule has 0 saturated carbocycles. The maximum atomic E-state index is 4.66. The van der Waals surface area contributed by atoms with Crippen molar-refractivity contribution in [1.82, 2.24) is 14.9 Å². The molecule has 0 aliphatic carbocycles. The number of fused-ring (bicyclic) bond motifs is 1. The fourth-order valence-electron chi connectivity index (χ4n) is 1.96. The summed E-state index contributed by atoms with van der Waals surface area (Å²) in [6, 6.07) is 2.63. The summed E-state index contributed by atoms with van der Waals surface area (Å²) in [4.78, 5) is 12.7. The quantitative estimate of drug-likeness (QED) is 0.879. The second kappa shape index (κ2) is 6.30. The Balaban J connectivity index is 2.28. The second-order valence-electron chi connectivity index (χ2n) is 4.83. The monoisotopic (exact) mass is 278 g/mol. The van der Waals surface area contributed by atoms with Crippen LogP contribution in [0, 0.1) is 0 Å². The molecule has 1 atom stereocenters. The highest BCUT2D eigenvalue weighted by Gasteiger charge is 2.12. The summed E-state index contributed by atoms with van der Waals surface area (Å²) in [6.45, 7) is 8.19. The van der Waals surface area contributed by atoms with E-state index in [1.165, 1.54) is 0 Å². The molecule has 0 amide bonds. The summed E-state index contributed by atoms with van der Waals surface area (Å²) in [5.41, 5.74) is 0. The Morgan fingerprint density at radius 1 is 1.37 bits per heavy atom. The van der Waals surface area contributed by atoms with Gasteiger partial charge in [0, 0.05) is 12.6 Å². The van der Waals surface area contributed by atoms with Crippen LogP contribution in [0.3, 0.4) is 0 Å². The molecule has 2 rings (SSSR count). The summed E-state index contributed by atoms with van der Waals surface area (Å²) in [6.07, 6.45) is 1.14. The summed E-state index contributed by atoms with van der Waals surface area (Å²) in [5, 5.41) is 6.53. The number of nitrogens with zero attached hydrogens (tertiary/aromatic N) is 3. The Bertz CT molecular complexity index is 537. The van der Waals surface area contributed by atoms with Crippen molar-refractivity contribution in [3.63, 3.8) is 0 Å². The molecule has 0 fully saturated rings. The van der Waals surface area contributed by atoms with Crippen LogP contribution in [-0.2, 0) is 6.54 Å². The second-order valence-corrected chi connectivity index (χ2v) is 5.73. The number of hydrogen-bond acceptors (Lipinski definition) is 5. The zero-order valence-corrected chi connectivity index (χ0v) is 12.9. The number of anilines is 1. The van der Waals surface area contributed by atoms with Gasteiger partial charge in [-0.2, -0.15) is 0 Å². The molecule has 19 heavy (non-hydrogen) atoms. The van der Waals surface area contributed by atoms with Gasteiger partial charge >= 0.3 is 0 Å². The van der Waals surface area contributed by atoms with Crippen molar-refractivity contribution in [1.29, 1.82) is 0 Å². The predicted molar refractivity (Wildman–Crippen MR) is 82.8 cm³/mol. The lowest BCUT2D eigenvalue weighted by Gasteiger charge is -2.22. The molecule has 0 aromatic carbocycles. The standard InChI is InChI=1S/C14H22N4S/c1-5-10(3)18(4)9-12-16-13(15-6-2)11-7-8-19-14(11)17-12/h7-8,10H,5-6,9H2,1-4H3,(H,15,16,17). The van der Waals surface area contributed by atoms with E-state index < -0.39 is 0 Å². The number of nitrogens with one attached hydrogen (secondary N) is 1. The third kappa shape index (κ3) is 3.22. The first-order chi connectivity index (χ1) is 9.15. The zero-order chi connectivity index (χ0) is 13.8. The lowest BCUT2D eigenvalue weighted by molar-refractivity contribution is 0.238. The Morgan fingerprint density at radius 3 is 2.84 bits per heavy atom. The van der Waals surface area contributed by atoms with Gasteiger partial charge in [0.25, 0.3) is 0 Å². The SMILES string of the molecule is CCNc1nc(CN(C)C(C)CC)nc2sccc12. The molecule has 104 valence electrons. The molecule has 5 heteroatoms. The van der Waals surface area contributed by atoms with Crippen LogP contribution in [0.2, 0.25) is 0 Å². The van der Waals surface area contributed by atoms with Crippen LogP contribution in [-0.4, -0.2) is 34.5 Å². The van der Waals surface area contributed by atoms with Crippen molar-refractivity contribution in [3.05, 3.63) is 17.3 Å². The molecule has 0 radical (unpaired) electrons. The maximum absolute atomic E-state index is 4.66. The summed E-state index contributed by atoms with van der Waals surface area (Å²) >= 11 is 1.67.